The highest BCUT2D eigenvalue weighted by Gasteiger charge is 2.24. The molecular formula is C14H14BrN3O2S2. The van der Waals surface area contributed by atoms with Crippen molar-refractivity contribution in [3.63, 3.8) is 0 Å². The third-order valence-electron chi connectivity index (χ3n) is 3.36. The van der Waals surface area contributed by atoms with Crippen molar-refractivity contribution in [3.05, 3.63) is 27.0 Å². The van der Waals surface area contributed by atoms with Crippen molar-refractivity contribution in [2.75, 3.05) is 6.54 Å². The van der Waals surface area contributed by atoms with Gasteiger partial charge in [-0.05, 0) is 41.3 Å². The van der Waals surface area contributed by atoms with E-state index >= 15 is 0 Å². The molecular weight excluding hydrogens is 386 g/mol. The minimum absolute atomic E-state index is 0.108. The zero-order valence-electron chi connectivity index (χ0n) is 11.6. The topological polar surface area (TPSA) is 71.1 Å². The van der Waals surface area contributed by atoms with Gasteiger partial charge in [-0.2, -0.15) is 0 Å². The zero-order chi connectivity index (χ0) is 15.5. The Morgan fingerprint density at radius 3 is 3.00 bits per heavy atom. The van der Waals surface area contributed by atoms with Crippen LogP contribution in [0.4, 0.5) is 0 Å². The number of aromatic nitrogens is 1. The van der Waals surface area contributed by atoms with Crippen molar-refractivity contribution < 1.29 is 9.59 Å². The van der Waals surface area contributed by atoms with E-state index in [2.05, 4.69) is 31.5 Å². The minimum Gasteiger partial charge on any atom is -0.354 e. The molecule has 2 amide bonds. The van der Waals surface area contributed by atoms with Crippen LogP contribution in [0.25, 0.3) is 9.88 Å². The number of nitrogens with zero attached hydrogens (tertiary/aromatic N) is 1. The molecule has 1 unspecified atom stereocenters. The summed E-state index contributed by atoms with van der Waals surface area (Å²) < 4.78 is 1.00. The number of carbonyl (C=O) groups excluding carboxylic acids is 2. The molecule has 3 heterocycles. The molecule has 0 bridgehead atoms. The third kappa shape index (κ3) is 3.56. The summed E-state index contributed by atoms with van der Waals surface area (Å²) >= 11 is 6.41. The van der Waals surface area contributed by atoms with E-state index in [1.165, 1.54) is 11.3 Å². The van der Waals surface area contributed by atoms with Gasteiger partial charge >= 0.3 is 0 Å². The zero-order valence-corrected chi connectivity index (χ0v) is 14.8. The maximum absolute atomic E-state index is 12.3. The molecule has 2 aromatic rings. The van der Waals surface area contributed by atoms with Crippen LogP contribution in [0, 0.1) is 0 Å². The monoisotopic (exact) mass is 399 g/mol. The number of thiazole rings is 1. The van der Waals surface area contributed by atoms with Crippen LogP contribution in [0.1, 0.15) is 29.8 Å². The Morgan fingerprint density at radius 2 is 2.23 bits per heavy atom. The number of amides is 2. The second-order valence-corrected chi connectivity index (χ2v) is 7.66. The van der Waals surface area contributed by atoms with Gasteiger partial charge in [-0.1, -0.05) is 0 Å². The van der Waals surface area contributed by atoms with Crippen LogP contribution in [0.3, 0.4) is 0 Å². The fourth-order valence-corrected chi connectivity index (χ4v) is 4.53. The Labute approximate surface area is 144 Å². The van der Waals surface area contributed by atoms with Crippen LogP contribution in [0.15, 0.2) is 21.3 Å². The van der Waals surface area contributed by atoms with Crippen LogP contribution in [-0.2, 0) is 4.79 Å². The van der Waals surface area contributed by atoms with E-state index < -0.39 is 6.04 Å². The van der Waals surface area contributed by atoms with Crippen molar-refractivity contribution in [1.82, 2.24) is 15.6 Å². The highest BCUT2D eigenvalue weighted by molar-refractivity contribution is 9.10. The molecule has 22 heavy (non-hydrogen) atoms. The van der Waals surface area contributed by atoms with Gasteiger partial charge in [-0.15, -0.1) is 22.7 Å². The van der Waals surface area contributed by atoms with Crippen LogP contribution in [0.2, 0.25) is 0 Å². The normalized spacial score (nSPS) is 18.6. The maximum atomic E-state index is 12.3. The molecule has 0 aromatic carbocycles. The molecule has 1 aliphatic heterocycles. The number of rotatable bonds is 3. The van der Waals surface area contributed by atoms with Crippen LogP contribution in [-0.4, -0.2) is 29.4 Å². The standard InChI is InChI=1S/C14H14BrN3O2S2/c15-8-5-11(21-6-8)14-18-10(7-22-14)13(20)17-9-3-1-2-4-16-12(9)19/h5-7,9H,1-4H2,(H,16,19)(H,17,20). The molecule has 1 saturated heterocycles. The summed E-state index contributed by atoms with van der Waals surface area (Å²) in [5.41, 5.74) is 0.363. The number of carbonyl (C=O) groups is 2. The molecule has 116 valence electrons. The molecule has 0 aliphatic carbocycles. The largest absolute Gasteiger partial charge is 0.354 e. The first-order chi connectivity index (χ1) is 10.6. The van der Waals surface area contributed by atoms with Gasteiger partial charge in [0.1, 0.15) is 16.7 Å². The molecule has 2 aromatic heterocycles. The summed E-state index contributed by atoms with van der Waals surface area (Å²) in [6, 6.07) is 1.51. The Bertz CT molecular complexity index is 698. The summed E-state index contributed by atoms with van der Waals surface area (Å²) in [7, 11) is 0. The van der Waals surface area contributed by atoms with Crippen LogP contribution >= 0.6 is 38.6 Å². The average Bonchev–Trinajstić information content (AvgIpc) is 3.09. The molecule has 1 aliphatic rings. The quantitative estimate of drug-likeness (QED) is 0.832. The summed E-state index contributed by atoms with van der Waals surface area (Å²) in [4.78, 5) is 29.5. The van der Waals surface area contributed by atoms with Gasteiger partial charge < -0.3 is 10.6 Å². The summed E-state index contributed by atoms with van der Waals surface area (Å²) in [6.07, 6.45) is 2.55. The van der Waals surface area contributed by atoms with E-state index in [0.717, 1.165) is 27.2 Å². The second kappa shape index (κ2) is 6.89. The first-order valence-electron chi connectivity index (χ1n) is 6.92. The second-order valence-electron chi connectivity index (χ2n) is 4.98. The molecule has 2 N–H and O–H groups in total. The summed E-state index contributed by atoms with van der Waals surface area (Å²) in [5.74, 6) is -0.399. The Morgan fingerprint density at radius 1 is 1.36 bits per heavy atom. The summed E-state index contributed by atoms with van der Waals surface area (Å²) in [5, 5.41) is 10.1. The molecule has 3 rings (SSSR count). The lowest BCUT2D eigenvalue weighted by Crippen LogP contribution is -2.45. The number of nitrogens with one attached hydrogen (secondary N) is 2. The Hall–Kier alpha value is -1.25. The number of hydrogen-bond acceptors (Lipinski definition) is 5. The number of thiophene rings is 1. The van der Waals surface area contributed by atoms with Crippen molar-refractivity contribution in [1.29, 1.82) is 0 Å². The van der Waals surface area contributed by atoms with Gasteiger partial charge in [0.25, 0.3) is 5.91 Å². The molecule has 1 atom stereocenters. The Balaban J connectivity index is 1.70. The van der Waals surface area contributed by atoms with Crippen LogP contribution in [0.5, 0.6) is 0 Å². The lowest BCUT2D eigenvalue weighted by atomic mass is 10.1. The van der Waals surface area contributed by atoms with E-state index in [4.69, 9.17) is 0 Å². The molecule has 0 radical (unpaired) electrons. The molecule has 0 spiro atoms. The lowest BCUT2D eigenvalue weighted by Gasteiger charge is -2.14. The van der Waals surface area contributed by atoms with E-state index in [1.54, 1.807) is 16.7 Å². The predicted octanol–water partition coefficient (Wildman–Crippen LogP) is 3.03. The van der Waals surface area contributed by atoms with Gasteiger partial charge in [0.05, 0.1) is 4.88 Å². The smallest absolute Gasteiger partial charge is 0.271 e. The number of hydrogen-bond donors (Lipinski definition) is 2. The molecule has 5 nitrogen and oxygen atoms in total. The molecule has 1 fully saturated rings. The van der Waals surface area contributed by atoms with Gasteiger partial charge in [-0.3, -0.25) is 9.59 Å². The highest BCUT2D eigenvalue weighted by atomic mass is 79.9. The Kier molecular flexibility index (Phi) is 4.90. The van der Waals surface area contributed by atoms with E-state index in [-0.39, 0.29) is 11.8 Å². The van der Waals surface area contributed by atoms with Crippen molar-refractivity contribution in [2.24, 2.45) is 0 Å². The van der Waals surface area contributed by atoms with Crippen LogP contribution < -0.4 is 10.6 Å². The van der Waals surface area contributed by atoms with Gasteiger partial charge in [0.2, 0.25) is 5.91 Å². The molecule has 8 heteroatoms. The third-order valence-corrected chi connectivity index (χ3v) is 6.06. The minimum atomic E-state index is -0.462. The maximum Gasteiger partial charge on any atom is 0.271 e. The number of halogens is 1. The van der Waals surface area contributed by atoms with Crippen molar-refractivity contribution in [3.8, 4) is 9.88 Å². The summed E-state index contributed by atoms with van der Waals surface area (Å²) in [6.45, 7) is 0.680. The van der Waals surface area contributed by atoms with Crippen molar-refractivity contribution in [2.45, 2.75) is 25.3 Å². The lowest BCUT2D eigenvalue weighted by molar-refractivity contribution is -0.122. The van der Waals surface area contributed by atoms with E-state index in [0.29, 0.717) is 18.7 Å². The fourth-order valence-electron chi connectivity index (χ4n) is 2.23. The highest BCUT2D eigenvalue weighted by Crippen LogP contribution is 2.31. The predicted molar refractivity (Wildman–Crippen MR) is 91.2 cm³/mol. The van der Waals surface area contributed by atoms with Gasteiger partial charge in [0, 0.05) is 21.8 Å². The van der Waals surface area contributed by atoms with Gasteiger partial charge in [-0.25, -0.2) is 4.98 Å². The van der Waals surface area contributed by atoms with E-state index in [1.807, 2.05) is 11.4 Å². The first-order valence-corrected chi connectivity index (χ1v) is 9.47. The first kappa shape index (κ1) is 15.6. The average molecular weight is 400 g/mol. The van der Waals surface area contributed by atoms with Crippen molar-refractivity contribution >= 4 is 50.4 Å². The fraction of sp³-hybridized carbons (Fsp3) is 0.357. The molecule has 0 saturated carbocycles. The SMILES string of the molecule is O=C(NC1CCCCNC1=O)c1csc(-c2cc(Br)cs2)n1. The van der Waals surface area contributed by atoms with Gasteiger partial charge in [0.15, 0.2) is 0 Å². The van der Waals surface area contributed by atoms with E-state index in [9.17, 15) is 9.59 Å².